The molecular weight excluding hydrogens is 239 g/mol. The van der Waals surface area contributed by atoms with Crippen LogP contribution in [0.3, 0.4) is 0 Å². The molecule has 0 N–H and O–H groups in total. The summed E-state index contributed by atoms with van der Waals surface area (Å²) in [5.41, 5.74) is -0.440. The Morgan fingerprint density at radius 2 is 1.94 bits per heavy atom. The summed E-state index contributed by atoms with van der Waals surface area (Å²) in [5.74, 6) is -1.23. The van der Waals surface area contributed by atoms with E-state index in [4.69, 9.17) is 0 Å². The van der Waals surface area contributed by atoms with Crippen LogP contribution in [0.4, 0.5) is 10.1 Å². The van der Waals surface area contributed by atoms with Crippen LogP contribution in [0, 0.1) is 15.9 Å². The lowest BCUT2D eigenvalue weighted by Gasteiger charge is -2.26. The molecule has 1 aliphatic heterocycles. The zero-order chi connectivity index (χ0) is 13.1. The molecule has 1 aromatic carbocycles. The van der Waals surface area contributed by atoms with Gasteiger partial charge in [0.05, 0.1) is 4.92 Å². The maximum Gasteiger partial charge on any atom is 0.304 e. The molecule has 2 rings (SSSR count). The Morgan fingerprint density at radius 3 is 2.50 bits per heavy atom. The zero-order valence-corrected chi connectivity index (χ0v) is 9.76. The van der Waals surface area contributed by atoms with Crippen molar-refractivity contribution in [3.05, 3.63) is 39.7 Å². The molecule has 0 radical (unpaired) electrons. The van der Waals surface area contributed by atoms with Crippen LogP contribution in [0.1, 0.15) is 29.6 Å². The predicted molar refractivity (Wildman–Crippen MR) is 62.8 cm³/mol. The van der Waals surface area contributed by atoms with Gasteiger partial charge in [-0.15, -0.1) is 0 Å². The van der Waals surface area contributed by atoms with Crippen molar-refractivity contribution in [3.63, 3.8) is 0 Å². The average molecular weight is 252 g/mol. The number of benzene rings is 1. The van der Waals surface area contributed by atoms with Crippen LogP contribution in [-0.2, 0) is 0 Å². The maximum absolute atomic E-state index is 13.4. The molecule has 0 bridgehead atoms. The van der Waals surface area contributed by atoms with Crippen molar-refractivity contribution in [2.45, 2.75) is 19.3 Å². The topological polar surface area (TPSA) is 63.4 Å². The van der Waals surface area contributed by atoms with Crippen molar-refractivity contribution in [3.8, 4) is 0 Å². The molecule has 5 nitrogen and oxygen atoms in total. The Labute approximate surface area is 103 Å². The minimum absolute atomic E-state index is 0.167. The molecule has 0 spiro atoms. The van der Waals surface area contributed by atoms with Crippen LogP contribution in [0.25, 0.3) is 0 Å². The molecule has 0 aliphatic carbocycles. The second kappa shape index (κ2) is 5.12. The monoisotopic (exact) mass is 252 g/mol. The first-order chi connectivity index (χ1) is 8.59. The van der Waals surface area contributed by atoms with Crippen molar-refractivity contribution in [1.29, 1.82) is 0 Å². The fourth-order valence-corrected chi connectivity index (χ4v) is 2.07. The Balaban J connectivity index is 2.20. The molecule has 0 atom stereocenters. The van der Waals surface area contributed by atoms with Gasteiger partial charge in [-0.2, -0.15) is 4.39 Å². The highest BCUT2D eigenvalue weighted by Crippen LogP contribution is 2.20. The van der Waals surface area contributed by atoms with Gasteiger partial charge in [0.2, 0.25) is 5.82 Å². The highest BCUT2D eigenvalue weighted by atomic mass is 19.1. The number of halogens is 1. The summed E-state index contributed by atoms with van der Waals surface area (Å²) in [6.45, 7) is 1.33. The van der Waals surface area contributed by atoms with E-state index >= 15 is 0 Å². The van der Waals surface area contributed by atoms with Crippen LogP contribution in [0.15, 0.2) is 18.2 Å². The molecule has 0 aromatic heterocycles. The Kier molecular flexibility index (Phi) is 3.55. The SMILES string of the molecule is O=C(c1ccc([N+](=O)[O-])c(F)c1)N1CCCCC1. The van der Waals surface area contributed by atoms with Crippen molar-refractivity contribution < 1.29 is 14.1 Å². The molecule has 1 aromatic rings. The molecule has 1 amide bonds. The summed E-state index contributed by atoms with van der Waals surface area (Å²) in [7, 11) is 0. The van der Waals surface area contributed by atoms with E-state index in [1.807, 2.05) is 0 Å². The van der Waals surface area contributed by atoms with Crippen molar-refractivity contribution in [2.24, 2.45) is 0 Å². The minimum atomic E-state index is -0.970. The van der Waals surface area contributed by atoms with Gasteiger partial charge in [-0.1, -0.05) is 0 Å². The number of nitrogens with zero attached hydrogens (tertiary/aromatic N) is 2. The summed E-state index contributed by atoms with van der Waals surface area (Å²) >= 11 is 0. The van der Waals surface area contributed by atoms with E-state index in [2.05, 4.69) is 0 Å². The first-order valence-electron chi connectivity index (χ1n) is 5.83. The normalized spacial score (nSPS) is 15.5. The third kappa shape index (κ3) is 2.47. The van der Waals surface area contributed by atoms with E-state index < -0.39 is 16.4 Å². The van der Waals surface area contributed by atoms with E-state index in [9.17, 15) is 19.3 Å². The number of likely N-dealkylation sites (tertiary alicyclic amines) is 1. The molecule has 1 fully saturated rings. The van der Waals surface area contributed by atoms with E-state index in [1.165, 1.54) is 6.07 Å². The van der Waals surface area contributed by atoms with Crippen LogP contribution in [0.5, 0.6) is 0 Å². The summed E-state index contributed by atoms with van der Waals surface area (Å²) in [6, 6.07) is 3.28. The summed E-state index contributed by atoms with van der Waals surface area (Å²) in [5, 5.41) is 10.5. The lowest BCUT2D eigenvalue weighted by atomic mass is 10.1. The van der Waals surface area contributed by atoms with Gasteiger partial charge >= 0.3 is 5.69 Å². The van der Waals surface area contributed by atoms with Crippen LogP contribution < -0.4 is 0 Å². The van der Waals surface area contributed by atoms with E-state index in [1.54, 1.807) is 4.90 Å². The molecule has 96 valence electrons. The lowest BCUT2D eigenvalue weighted by molar-refractivity contribution is -0.387. The van der Waals surface area contributed by atoms with Crippen molar-refractivity contribution in [2.75, 3.05) is 13.1 Å². The highest BCUT2D eigenvalue weighted by Gasteiger charge is 2.21. The molecule has 18 heavy (non-hydrogen) atoms. The van der Waals surface area contributed by atoms with Gasteiger partial charge in [-0.3, -0.25) is 14.9 Å². The third-order valence-corrected chi connectivity index (χ3v) is 3.03. The Morgan fingerprint density at radius 1 is 1.28 bits per heavy atom. The van der Waals surface area contributed by atoms with Crippen molar-refractivity contribution >= 4 is 11.6 Å². The van der Waals surface area contributed by atoms with Gasteiger partial charge in [0.25, 0.3) is 5.91 Å². The number of hydrogen-bond donors (Lipinski definition) is 0. The summed E-state index contributed by atoms with van der Waals surface area (Å²) in [6.07, 6.45) is 2.99. The van der Waals surface area contributed by atoms with Gasteiger partial charge in [0, 0.05) is 24.7 Å². The van der Waals surface area contributed by atoms with Gasteiger partial charge in [-0.25, -0.2) is 0 Å². The quantitative estimate of drug-likeness (QED) is 0.599. The number of hydrogen-bond acceptors (Lipinski definition) is 3. The van der Waals surface area contributed by atoms with Crippen LogP contribution >= 0.6 is 0 Å². The standard InChI is InChI=1S/C12H13FN2O3/c13-10-8-9(4-5-11(10)15(17)18)12(16)14-6-2-1-3-7-14/h4-5,8H,1-3,6-7H2. The van der Waals surface area contributed by atoms with E-state index in [-0.39, 0.29) is 11.5 Å². The summed E-state index contributed by atoms with van der Waals surface area (Å²) < 4.78 is 13.4. The minimum Gasteiger partial charge on any atom is -0.339 e. The van der Waals surface area contributed by atoms with Crippen LogP contribution in [-0.4, -0.2) is 28.8 Å². The number of carbonyl (C=O) groups excluding carboxylic acids is 1. The fraction of sp³-hybridized carbons (Fsp3) is 0.417. The third-order valence-electron chi connectivity index (χ3n) is 3.03. The molecule has 1 heterocycles. The van der Waals surface area contributed by atoms with Crippen molar-refractivity contribution in [1.82, 2.24) is 4.90 Å². The molecule has 0 saturated carbocycles. The maximum atomic E-state index is 13.4. The molecule has 1 aliphatic rings. The second-order valence-corrected chi connectivity index (χ2v) is 4.28. The number of carbonyl (C=O) groups is 1. The van der Waals surface area contributed by atoms with Gasteiger partial charge in [0.1, 0.15) is 0 Å². The highest BCUT2D eigenvalue weighted by molar-refractivity contribution is 5.94. The average Bonchev–Trinajstić information content (AvgIpc) is 2.38. The number of nitro groups is 1. The second-order valence-electron chi connectivity index (χ2n) is 4.28. The number of amides is 1. The Bertz CT molecular complexity index is 484. The first-order valence-corrected chi connectivity index (χ1v) is 5.83. The Hall–Kier alpha value is -1.98. The fourth-order valence-electron chi connectivity index (χ4n) is 2.07. The molecular formula is C12H13FN2O3. The van der Waals surface area contributed by atoms with E-state index in [0.717, 1.165) is 31.4 Å². The summed E-state index contributed by atoms with van der Waals surface area (Å²) in [4.78, 5) is 23.4. The number of nitro benzene ring substituents is 1. The van der Waals surface area contributed by atoms with Crippen LogP contribution in [0.2, 0.25) is 0 Å². The van der Waals surface area contributed by atoms with Gasteiger partial charge in [0.15, 0.2) is 0 Å². The first kappa shape index (κ1) is 12.5. The lowest BCUT2D eigenvalue weighted by Crippen LogP contribution is -2.35. The molecule has 0 unspecified atom stereocenters. The van der Waals surface area contributed by atoms with Gasteiger partial charge in [-0.05, 0) is 31.4 Å². The van der Waals surface area contributed by atoms with Gasteiger partial charge < -0.3 is 4.90 Å². The van der Waals surface area contributed by atoms with E-state index in [0.29, 0.717) is 13.1 Å². The predicted octanol–water partition coefficient (Wildman–Crippen LogP) is 2.36. The zero-order valence-electron chi connectivity index (χ0n) is 9.76. The molecule has 6 heteroatoms. The largest absolute Gasteiger partial charge is 0.339 e. The smallest absolute Gasteiger partial charge is 0.304 e. The molecule has 1 saturated heterocycles. The number of piperidine rings is 1. The number of rotatable bonds is 2.